The number of ketones is 1. The molecule has 3 heteroatoms. The molecule has 2 nitrogen and oxygen atoms in total. The van der Waals surface area contributed by atoms with E-state index in [-0.39, 0.29) is 5.92 Å². The molecule has 0 saturated carbocycles. The van der Waals surface area contributed by atoms with Crippen molar-refractivity contribution < 1.29 is 9.21 Å². The van der Waals surface area contributed by atoms with Crippen LogP contribution in [0, 0.1) is 5.92 Å². The molecule has 0 aliphatic rings. The number of carbonyl (C=O) groups is 1. The molecule has 1 aromatic rings. The molecular weight excluding hydrogens is 208 g/mol. The molecule has 0 aromatic carbocycles. The van der Waals surface area contributed by atoms with Crippen molar-refractivity contribution in [3.63, 3.8) is 0 Å². The normalized spacial score (nSPS) is 10.9. The van der Waals surface area contributed by atoms with Crippen molar-refractivity contribution in [1.29, 1.82) is 0 Å². The second kappa shape index (κ2) is 6.01. The number of aryl methyl sites for hydroxylation is 1. The van der Waals surface area contributed by atoms with Crippen LogP contribution in [0.2, 0.25) is 0 Å². The van der Waals surface area contributed by atoms with Crippen LogP contribution in [0.15, 0.2) is 16.5 Å². The summed E-state index contributed by atoms with van der Waals surface area (Å²) in [4.78, 5) is 11.3. The maximum absolute atomic E-state index is 11.3. The lowest BCUT2D eigenvalue weighted by Gasteiger charge is -2.02. The maximum Gasteiger partial charge on any atom is 0.145 e. The zero-order valence-corrected chi connectivity index (χ0v) is 10.4. The van der Waals surface area contributed by atoms with Gasteiger partial charge in [0.2, 0.25) is 0 Å². The van der Waals surface area contributed by atoms with Crippen molar-refractivity contribution in [1.82, 2.24) is 0 Å². The molecule has 0 bridgehead atoms. The quantitative estimate of drug-likeness (QED) is 0.745. The lowest BCUT2D eigenvalue weighted by Crippen LogP contribution is -2.09. The van der Waals surface area contributed by atoms with E-state index in [0.717, 1.165) is 23.7 Å². The Morgan fingerprint density at radius 1 is 1.40 bits per heavy atom. The van der Waals surface area contributed by atoms with Crippen LogP contribution in [0.4, 0.5) is 0 Å². The van der Waals surface area contributed by atoms with Crippen LogP contribution in [0.1, 0.15) is 32.3 Å². The van der Waals surface area contributed by atoms with Gasteiger partial charge in [0.1, 0.15) is 17.3 Å². The molecule has 1 rings (SSSR count). The molecule has 84 valence electrons. The van der Waals surface area contributed by atoms with E-state index in [1.807, 2.05) is 26.0 Å². The van der Waals surface area contributed by atoms with Crippen LogP contribution in [0.3, 0.4) is 0 Å². The van der Waals surface area contributed by atoms with Crippen LogP contribution in [-0.4, -0.2) is 11.5 Å². The number of carbonyl (C=O) groups excluding carboxylic acids is 1. The molecule has 0 atom stereocenters. The van der Waals surface area contributed by atoms with Crippen molar-refractivity contribution >= 4 is 17.5 Å². The van der Waals surface area contributed by atoms with Gasteiger partial charge < -0.3 is 4.42 Å². The van der Waals surface area contributed by atoms with Gasteiger partial charge in [0.05, 0.1) is 11.5 Å². The number of hydrogen-bond acceptors (Lipinski definition) is 3. The van der Waals surface area contributed by atoms with Gasteiger partial charge in [-0.1, -0.05) is 20.8 Å². The van der Waals surface area contributed by atoms with Crippen molar-refractivity contribution in [3.8, 4) is 0 Å². The standard InChI is InChI=1S/C12H18O2S/c1-4-10-5-6-11(14-10)7-15-8-12(13)9(2)3/h5-6,9H,4,7-8H2,1-3H3. The minimum absolute atomic E-state index is 0.139. The fraction of sp³-hybridized carbons (Fsp3) is 0.583. The van der Waals surface area contributed by atoms with Gasteiger partial charge in [-0.3, -0.25) is 4.79 Å². The van der Waals surface area contributed by atoms with E-state index in [4.69, 9.17) is 4.42 Å². The van der Waals surface area contributed by atoms with Crippen molar-refractivity contribution in [2.75, 3.05) is 5.75 Å². The first-order valence-electron chi connectivity index (χ1n) is 5.31. The molecule has 0 aliphatic heterocycles. The third-order valence-corrected chi connectivity index (χ3v) is 3.18. The van der Waals surface area contributed by atoms with Crippen LogP contribution in [0.5, 0.6) is 0 Å². The molecule has 0 radical (unpaired) electrons. The highest BCUT2D eigenvalue weighted by molar-refractivity contribution is 7.99. The number of thioether (sulfide) groups is 1. The summed E-state index contributed by atoms with van der Waals surface area (Å²) in [6.07, 6.45) is 0.926. The summed E-state index contributed by atoms with van der Waals surface area (Å²) in [6.45, 7) is 5.94. The first-order valence-corrected chi connectivity index (χ1v) is 6.47. The summed E-state index contributed by atoms with van der Waals surface area (Å²) < 4.78 is 5.54. The Hall–Kier alpha value is -0.700. The maximum atomic E-state index is 11.3. The molecule has 0 N–H and O–H groups in total. The highest BCUT2D eigenvalue weighted by Crippen LogP contribution is 2.16. The Bertz CT molecular complexity index is 315. The predicted molar refractivity (Wildman–Crippen MR) is 64.1 cm³/mol. The fourth-order valence-electron chi connectivity index (χ4n) is 1.11. The van der Waals surface area contributed by atoms with Crippen LogP contribution in [0.25, 0.3) is 0 Å². The molecule has 0 spiro atoms. The van der Waals surface area contributed by atoms with E-state index >= 15 is 0 Å². The van der Waals surface area contributed by atoms with E-state index in [1.54, 1.807) is 11.8 Å². The van der Waals surface area contributed by atoms with Crippen LogP contribution >= 0.6 is 11.8 Å². The van der Waals surface area contributed by atoms with E-state index in [9.17, 15) is 4.79 Å². The second-order valence-corrected chi connectivity index (χ2v) is 4.82. The predicted octanol–water partition coefficient (Wildman–Crippen LogP) is 3.30. The number of Topliss-reactive ketones (excluding diaryl/α,β-unsaturated/α-hetero) is 1. The Morgan fingerprint density at radius 2 is 2.07 bits per heavy atom. The average Bonchev–Trinajstić information content (AvgIpc) is 2.65. The second-order valence-electron chi connectivity index (χ2n) is 3.84. The molecular formula is C12H18O2S. The first-order chi connectivity index (χ1) is 7.13. The summed E-state index contributed by atoms with van der Waals surface area (Å²) in [5, 5.41) is 0. The highest BCUT2D eigenvalue weighted by Gasteiger charge is 2.07. The van der Waals surface area contributed by atoms with Gasteiger partial charge >= 0.3 is 0 Å². The molecule has 15 heavy (non-hydrogen) atoms. The lowest BCUT2D eigenvalue weighted by molar-refractivity contribution is -0.119. The van der Waals surface area contributed by atoms with Crippen LogP contribution in [-0.2, 0) is 17.0 Å². The monoisotopic (exact) mass is 226 g/mol. The third-order valence-electron chi connectivity index (χ3n) is 2.20. The number of hydrogen-bond donors (Lipinski definition) is 0. The highest BCUT2D eigenvalue weighted by atomic mass is 32.2. The molecule has 1 aromatic heterocycles. The largest absolute Gasteiger partial charge is 0.465 e. The SMILES string of the molecule is CCc1ccc(CSCC(=O)C(C)C)o1. The lowest BCUT2D eigenvalue weighted by atomic mass is 10.1. The zero-order valence-electron chi connectivity index (χ0n) is 9.58. The summed E-state index contributed by atoms with van der Waals surface area (Å²) >= 11 is 1.62. The molecule has 0 fully saturated rings. The van der Waals surface area contributed by atoms with E-state index < -0.39 is 0 Å². The van der Waals surface area contributed by atoms with E-state index in [1.165, 1.54) is 0 Å². The van der Waals surface area contributed by atoms with Gasteiger partial charge in [-0.15, -0.1) is 11.8 Å². The zero-order chi connectivity index (χ0) is 11.3. The third kappa shape index (κ3) is 4.12. The molecule has 0 amide bonds. The topological polar surface area (TPSA) is 30.2 Å². The van der Waals surface area contributed by atoms with Gasteiger partial charge in [0.15, 0.2) is 0 Å². The Kier molecular flexibility index (Phi) is 4.95. The summed E-state index contributed by atoms with van der Waals surface area (Å²) in [6, 6.07) is 3.99. The van der Waals surface area contributed by atoms with Gasteiger partial charge in [-0.25, -0.2) is 0 Å². The average molecular weight is 226 g/mol. The van der Waals surface area contributed by atoms with E-state index in [2.05, 4.69) is 6.92 Å². The molecule has 0 aliphatic carbocycles. The molecule has 1 heterocycles. The summed E-state index contributed by atoms with van der Waals surface area (Å²) in [5.41, 5.74) is 0. The van der Waals surface area contributed by atoms with Crippen LogP contribution < -0.4 is 0 Å². The van der Waals surface area contributed by atoms with E-state index in [0.29, 0.717) is 11.5 Å². The van der Waals surface area contributed by atoms with Crippen molar-refractivity contribution in [2.45, 2.75) is 32.9 Å². The van der Waals surface area contributed by atoms with Gasteiger partial charge in [-0.2, -0.15) is 0 Å². The Labute approximate surface area is 95.4 Å². The molecule has 0 saturated heterocycles. The first kappa shape index (κ1) is 12.4. The van der Waals surface area contributed by atoms with Crippen molar-refractivity contribution in [2.24, 2.45) is 5.92 Å². The smallest absolute Gasteiger partial charge is 0.145 e. The summed E-state index contributed by atoms with van der Waals surface area (Å²) in [5.74, 6) is 3.80. The van der Waals surface area contributed by atoms with Gasteiger partial charge in [0, 0.05) is 12.3 Å². The number of rotatable bonds is 6. The van der Waals surface area contributed by atoms with Gasteiger partial charge in [-0.05, 0) is 12.1 Å². The minimum Gasteiger partial charge on any atom is -0.465 e. The molecule has 0 unspecified atom stereocenters. The Morgan fingerprint density at radius 3 is 2.60 bits per heavy atom. The minimum atomic E-state index is 0.139. The van der Waals surface area contributed by atoms with Crippen molar-refractivity contribution in [3.05, 3.63) is 23.7 Å². The Balaban J connectivity index is 2.28. The summed E-state index contributed by atoms with van der Waals surface area (Å²) in [7, 11) is 0. The number of furan rings is 1. The fourth-order valence-corrected chi connectivity index (χ4v) is 2.10. The van der Waals surface area contributed by atoms with Gasteiger partial charge in [0.25, 0.3) is 0 Å².